The van der Waals surface area contributed by atoms with Gasteiger partial charge in [0.1, 0.15) is 11.1 Å². The molecule has 0 spiro atoms. The monoisotopic (exact) mass is 358 g/mol. The topological polar surface area (TPSA) is 75.7 Å². The number of carbonyl (C=O) groups excluding carboxylic acids is 1. The zero-order valence-electron chi connectivity index (χ0n) is 14.2. The molecule has 24 heavy (non-hydrogen) atoms. The Morgan fingerprint density at radius 2 is 1.92 bits per heavy atom. The first-order valence-electron chi connectivity index (χ1n) is 7.77. The Labute approximate surface area is 141 Å². The number of hydrogen-bond donors (Lipinski definition) is 1. The maximum atomic E-state index is 14.4. The molecular formula is C16H23FN2O4S. The number of rotatable bonds is 4. The molecule has 1 heterocycles. The minimum absolute atomic E-state index is 0.00291. The fraction of sp³-hybridized carbons (Fsp3) is 0.562. The molecule has 8 heteroatoms. The molecule has 3 atom stereocenters. The van der Waals surface area contributed by atoms with Gasteiger partial charge in [0.05, 0.1) is 17.9 Å². The SMILES string of the molecule is CC1CN(c2ccc(NC(=O)C(C)S(C)(=O)=O)cc2F)CC(C)O1. The summed E-state index contributed by atoms with van der Waals surface area (Å²) < 4.78 is 42.9. The minimum Gasteiger partial charge on any atom is -0.372 e. The van der Waals surface area contributed by atoms with E-state index in [1.165, 1.54) is 13.0 Å². The minimum atomic E-state index is -3.50. The van der Waals surface area contributed by atoms with Gasteiger partial charge in [-0.1, -0.05) is 0 Å². The second-order valence-electron chi connectivity index (χ2n) is 6.29. The van der Waals surface area contributed by atoms with Crippen LogP contribution in [0.15, 0.2) is 18.2 Å². The summed E-state index contributed by atoms with van der Waals surface area (Å²) in [5.74, 6) is -1.15. The molecule has 1 amide bonds. The van der Waals surface area contributed by atoms with Crippen molar-refractivity contribution < 1.29 is 22.3 Å². The average Bonchev–Trinajstić information content (AvgIpc) is 2.44. The first-order chi connectivity index (χ1) is 11.1. The van der Waals surface area contributed by atoms with Gasteiger partial charge in [-0.05, 0) is 39.0 Å². The number of sulfone groups is 1. The first-order valence-corrected chi connectivity index (χ1v) is 9.73. The van der Waals surface area contributed by atoms with E-state index in [0.717, 1.165) is 6.26 Å². The van der Waals surface area contributed by atoms with Crippen LogP contribution < -0.4 is 10.2 Å². The lowest BCUT2D eigenvalue weighted by Gasteiger charge is -2.37. The summed E-state index contributed by atoms with van der Waals surface area (Å²) in [5, 5.41) is 1.24. The number of nitrogens with one attached hydrogen (secondary N) is 1. The summed E-state index contributed by atoms with van der Waals surface area (Å²) in [5.41, 5.74) is 0.664. The van der Waals surface area contributed by atoms with Gasteiger partial charge in [-0.3, -0.25) is 4.79 Å². The van der Waals surface area contributed by atoms with Crippen LogP contribution in [-0.4, -0.2) is 51.1 Å². The number of benzene rings is 1. The zero-order chi connectivity index (χ0) is 18.1. The van der Waals surface area contributed by atoms with E-state index in [0.29, 0.717) is 18.8 Å². The van der Waals surface area contributed by atoms with Crippen molar-refractivity contribution in [1.82, 2.24) is 0 Å². The number of nitrogens with zero attached hydrogens (tertiary/aromatic N) is 1. The Balaban J connectivity index is 2.14. The van der Waals surface area contributed by atoms with Crippen LogP contribution in [0.1, 0.15) is 20.8 Å². The molecule has 1 N–H and O–H groups in total. The van der Waals surface area contributed by atoms with Gasteiger partial charge in [-0.2, -0.15) is 0 Å². The molecular weight excluding hydrogens is 335 g/mol. The van der Waals surface area contributed by atoms with E-state index >= 15 is 0 Å². The lowest BCUT2D eigenvalue weighted by Crippen LogP contribution is -2.45. The third-order valence-electron chi connectivity index (χ3n) is 3.99. The summed E-state index contributed by atoms with van der Waals surface area (Å²) in [7, 11) is -3.50. The molecule has 2 rings (SSSR count). The van der Waals surface area contributed by atoms with E-state index in [1.54, 1.807) is 12.1 Å². The molecule has 1 saturated heterocycles. The van der Waals surface area contributed by atoms with Crippen LogP contribution in [0, 0.1) is 5.82 Å². The number of hydrogen-bond acceptors (Lipinski definition) is 5. The Bertz CT molecular complexity index is 713. The number of morpholine rings is 1. The highest BCUT2D eigenvalue weighted by Crippen LogP contribution is 2.26. The fourth-order valence-electron chi connectivity index (χ4n) is 2.65. The fourth-order valence-corrected chi connectivity index (χ4v) is 3.10. The van der Waals surface area contributed by atoms with Crippen molar-refractivity contribution in [2.75, 3.05) is 29.6 Å². The lowest BCUT2D eigenvalue weighted by atomic mass is 10.2. The molecule has 1 aromatic carbocycles. The van der Waals surface area contributed by atoms with Crippen molar-refractivity contribution in [3.05, 3.63) is 24.0 Å². The van der Waals surface area contributed by atoms with Gasteiger partial charge >= 0.3 is 0 Å². The molecule has 0 aliphatic carbocycles. The number of ether oxygens (including phenoxy) is 1. The molecule has 0 radical (unpaired) electrons. The van der Waals surface area contributed by atoms with Crippen molar-refractivity contribution in [2.24, 2.45) is 0 Å². The summed E-state index contributed by atoms with van der Waals surface area (Å²) in [6, 6.07) is 4.35. The van der Waals surface area contributed by atoms with Crippen molar-refractivity contribution >= 4 is 27.1 Å². The Hall–Kier alpha value is -1.67. The molecule has 0 bridgehead atoms. The van der Waals surface area contributed by atoms with E-state index in [4.69, 9.17) is 4.74 Å². The van der Waals surface area contributed by atoms with Gasteiger partial charge in [0.15, 0.2) is 9.84 Å². The van der Waals surface area contributed by atoms with Crippen molar-refractivity contribution in [3.63, 3.8) is 0 Å². The van der Waals surface area contributed by atoms with Gasteiger partial charge < -0.3 is 15.0 Å². The molecule has 0 aromatic heterocycles. The van der Waals surface area contributed by atoms with Crippen LogP contribution in [0.4, 0.5) is 15.8 Å². The van der Waals surface area contributed by atoms with Crippen LogP contribution in [-0.2, 0) is 19.4 Å². The van der Waals surface area contributed by atoms with E-state index in [1.807, 2.05) is 18.7 Å². The quantitative estimate of drug-likeness (QED) is 0.888. The smallest absolute Gasteiger partial charge is 0.242 e. The highest BCUT2D eigenvalue weighted by molar-refractivity contribution is 7.92. The molecule has 6 nitrogen and oxygen atoms in total. The van der Waals surface area contributed by atoms with E-state index in [-0.39, 0.29) is 17.9 Å². The second kappa shape index (κ2) is 7.06. The Morgan fingerprint density at radius 1 is 1.33 bits per heavy atom. The van der Waals surface area contributed by atoms with E-state index in [2.05, 4.69) is 5.32 Å². The van der Waals surface area contributed by atoms with Crippen molar-refractivity contribution in [3.8, 4) is 0 Å². The van der Waals surface area contributed by atoms with Crippen LogP contribution >= 0.6 is 0 Å². The van der Waals surface area contributed by atoms with Crippen LogP contribution in [0.5, 0.6) is 0 Å². The zero-order valence-corrected chi connectivity index (χ0v) is 15.1. The Morgan fingerprint density at radius 3 is 2.42 bits per heavy atom. The number of anilines is 2. The van der Waals surface area contributed by atoms with Crippen molar-refractivity contribution in [1.29, 1.82) is 0 Å². The van der Waals surface area contributed by atoms with E-state index < -0.39 is 26.8 Å². The normalized spacial score (nSPS) is 23.0. The van der Waals surface area contributed by atoms with Crippen molar-refractivity contribution in [2.45, 2.75) is 38.2 Å². The largest absolute Gasteiger partial charge is 0.372 e. The maximum Gasteiger partial charge on any atom is 0.242 e. The standard InChI is InChI=1S/C16H23FN2O4S/c1-10-8-19(9-11(2)23-10)15-6-5-13(7-14(15)17)18-16(20)12(3)24(4,21)22/h5-7,10-12H,8-9H2,1-4H3,(H,18,20). The summed E-state index contributed by atoms with van der Waals surface area (Å²) in [4.78, 5) is 13.8. The van der Waals surface area contributed by atoms with Gasteiger partial charge in [0.25, 0.3) is 0 Å². The van der Waals surface area contributed by atoms with Crippen LogP contribution in [0.25, 0.3) is 0 Å². The number of halogens is 1. The molecule has 1 aliphatic heterocycles. The second-order valence-corrected chi connectivity index (χ2v) is 8.66. The molecule has 1 aromatic rings. The molecule has 0 saturated carbocycles. The van der Waals surface area contributed by atoms with Gasteiger partial charge in [-0.15, -0.1) is 0 Å². The third-order valence-corrected chi connectivity index (χ3v) is 5.49. The average molecular weight is 358 g/mol. The van der Waals surface area contributed by atoms with Gasteiger partial charge in [-0.25, -0.2) is 12.8 Å². The van der Waals surface area contributed by atoms with Crippen LogP contribution in [0.2, 0.25) is 0 Å². The predicted molar refractivity (Wildman–Crippen MR) is 91.6 cm³/mol. The third kappa shape index (κ3) is 4.45. The lowest BCUT2D eigenvalue weighted by molar-refractivity contribution is -0.115. The van der Waals surface area contributed by atoms with Gasteiger partial charge in [0.2, 0.25) is 5.91 Å². The molecule has 1 fully saturated rings. The first kappa shape index (κ1) is 18.7. The van der Waals surface area contributed by atoms with Crippen LogP contribution in [0.3, 0.4) is 0 Å². The summed E-state index contributed by atoms with van der Waals surface area (Å²) in [6.45, 7) is 6.32. The number of amides is 1. The molecule has 134 valence electrons. The Kier molecular flexibility index (Phi) is 5.49. The number of carbonyl (C=O) groups is 1. The molecule has 1 aliphatic rings. The van der Waals surface area contributed by atoms with E-state index in [9.17, 15) is 17.6 Å². The maximum absolute atomic E-state index is 14.4. The van der Waals surface area contributed by atoms with Gasteiger partial charge in [0, 0.05) is 25.0 Å². The molecule has 3 unspecified atom stereocenters. The predicted octanol–water partition coefficient (Wildman–Crippen LogP) is 1.81. The summed E-state index contributed by atoms with van der Waals surface area (Å²) in [6.07, 6.45) is 0.994. The highest BCUT2D eigenvalue weighted by atomic mass is 32.2. The summed E-state index contributed by atoms with van der Waals surface area (Å²) >= 11 is 0. The highest BCUT2D eigenvalue weighted by Gasteiger charge is 2.26.